The molecule has 3 N–H and O–H groups in total. The highest BCUT2D eigenvalue weighted by Crippen LogP contribution is 2.47. The molecule has 6 aromatic rings. The maximum atomic E-state index is 13.6. The standard InChI is InChI=1S/C26H29N5O3S.C21H20N4O3S/c1-15-13-34-7-6-31(15)25(32)26(2)5-4-18-21(10-26)35-24-22(18)23(28-14-29-24)30-19-8-16-11-27-12-17(16)9-20(19)33-3;1-21(20(26)27)4-3-13-16(7-21)29-19-17(13)18(23-10-24-19)25-14-5-11-8-22-9-12(11)6-15(14)28-2/h8-9,11,14-15H,4-7,10,12-13H2,1-3H3,(H,28,29,30);5-6,8,10H,3-4,7,9H2,1-2H3,(H,26,27)(H,23,24,25)/t15-,26+;21-/m10/s1. The lowest BCUT2D eigenvalue weighted by Gasteiger charge is -2.41. The van der Waals surface area contributed by atoms with Crippen LogP contribution in [-0.4, -0.2) is 94.3 Å². The predicted octanol–water partition coefficient (Wildman–Crippen LogP) is 8.07. The molecular formula is C47H49N9O6S2. The number of thiophene rings is 2. The Balaban J connectivity index is 0.000000154. The van der Waals surface area contributed by atoms with E-state index in [1.165, 1.54) is 10.4 Å². The number of ether oxygens (including phenoxy) is 3. The Morgan fingerprint density at radius 2 is 1.30 bits per heavy atom. The molecule has 1 fully saturated rings. The zero-order valence-corrected chi connectivity index (χ0v) is 38.0. The number of nitrogens with zero attached hydrogens (tertiary/aromatic N) is 7. The SMILES string of the molecule is COc1cc2c(cc1Nc1ncnc3sc4c(c13)CC[C@](C)(C(=O)N1CCOC[C@H]1C)C4)C=NC2.COc1cc2c(cc1Nc1ncnc3sc4c(c13)CC[C@](C)(C(=O)O)C4)C=NC2. The third-order valence-corrected chi connectivity index (χ3v) is 15.7. The highest BCUT2D eigenvalue weighted by Gasteiger charge is 2.43. The molecule has 11 rings (SSSR count). The number of methoxy groups -OCH3 is 2. The van der Waals surface area contributed by atoms with Gasteiger partial charge in [-0.2, -0.15) is 0 Å². The number of aliphatic imine (C=N–C) groups is 2. The van der Waals surface area contributed by atoms with Crippen molar-refractivity contribution < 1.29 is 28.9 Å². The van der Waals surface area contributed by atoms with E-state index in [2.05, 4.69) is 60.5 Å². The van der Waals surface area contributed by atoms with Crippen LogP contribution in [0.5, 0.6) is 11.5 Å². The van der Waals surface area contributed by atoms with Crippen molar-refractivity contribution in [3.8, 4) is 11.5 Å². The number of carbonyl (C=O) groups excluding carboxylic acids is 1. The Hall–Kier alpha value is -6.04. The number of carboxylic acids is 1. The summed E-state index contributed by atoms with van der Waals surface area (Å²) in [7, 11) is 3.33. The molecule has 2 aliphatic carbocycles. The zero-order valence-electron chi connectivity index (χ0n) is 36.4. The Morgan fingerprint density at radius 3 is 1.80 bits per heavy atom. The number of fused-ring (bicyclic) bond motifs is 8. The number of benzene rings is 2. The number of aryl methyl sites for hydroxylation is 2. The molecule has 0 saturated carbocycles. The van der Waals surface area contributed by atoms with Gasteiger partial charge in [-0.25, -0.2) is 19.9 Å². The van der Waals surface area contributed by atoms with Gasteiger partial charge in [-0.05, 0) is 110 Å². The van der Waals surface area contributed by atoms with E-state index in [1.807, 2.05) is 42.5 Å². The van der Waals surface area contributed by atoms with Crippen LogP contribution in [-0.2, 0) is 53.1 Å². The first-order valence-corrected chi connectivity index (χ1v) is 23.2. The minimum Gasteiger partial charge on any atom is -0.495 e. The molecule has 15 nitrogen and oxygen atoms in total. The summed E-state index contributed by atoms with van der Waals surface area (Å²) in [4.78, 5) is 58.3. The normalized spacial score (nSPS) is 21.7. The molecule has 7 heterocycles. The van der Waals surface area contributed by atoms with E-state index in [0.717, 1.165) is 107 Å². The number of aliphatic carboxylic acids is 1. The minimum atomic E-state index is -0.741. The van der Waals surface area contributed by atoms with Crippen LogP contribution >= 0.6 is 22.7 Å². The summed E-state index contributed by atoms with van der Waals surface area (Å²) >= 11 is 3.25. The molecule has 1 saturated heterocycles. The second-order valence-electron chi connectivity index (χ2n) is 17.7. The number of morpholine rings is 1. The highest BCUT2D eigenvalue weighted by atomic mass is 32.1. The highest BCUT2D eigenvalue weighted by molar-refractivity contribution is 7.19. The average Bonchev–Trinajstić information content (AvgIpc) is 4.10. The monoisotopic (exact) mass is 899 g/mol. The Kier molecular flexibility index (Phi) is 10.8. The summed E-state index contributed by atoms with van der Waals surface area (Å²) < 4.78 is 16.8. The van der Waals surface area contributed by atoms with Crippen LogP contribution in [0.15, 0.2) is 46.9 Å². The quantitative estimate of drug-likeness (QED) is 0.134. The fraction of sp³-hybridized carbons (Fsp3) is 0.404. The second kappa shape index (κ2) is 16.5. The first kappa shape index (κ1) is 41.9. The van der Waals surface area contributed by atoms with Crippen molar-refractivity contribution in [1.82, 2.24) is 24.8 Å². The Labute approximate surface area is 378 Å². The van der Waals surface area contributed by atoms with Crippen molar-refractivity contribution in [2.24, 2.45) is 20.8 Å². The second-order valence-corrected chi connectivity index (χ2v) is 19.9. The summed E-state index contributed by atoms with van der Waals surface area (Å²) in [5, 5.41) is 18.6. The lowest BCUT2D eigenvalue weighted by Crippen LogP contribution is -2.53. The fourth-order valence-corrected chi connectivity index (χ4v) is 12.3. The first-order chi connectivity index (χ1) is 30.9. The van der Waals surface area contributed by atoms with Crippen molar-refractivity contribution in [2.45, 2.75) is 78.4 Å². The molecule has 0 bridgehead atoms. The molecule has 2 aromatic carbocycles. The number of aromatic nitrogens is 4. The molecule has 5 aliphatic rings. The summed E-state index contributed by atoms with van der Waals surface area (Å²) in [5.41, 5.74) is 7.43. The summed E-state index contributed by atoms with van der Waals surface area (Å²) in [5.74, 6) is 2.50. The van der Waals surface area contributed by atoms with Crippen molar-refractivity contribution in [3.05, 3.63) is 80.1 Å². The van der Waals surface area contributed by atoms with Crippen LogP contribution in [0.4, 0.5) is 23.0 Å². The molecule has 3 atom stereocenters. The topological polar surface area (TPSA) is 186 Å². The maximum absolute atomic E-state index is 13.6. The van der Waals surface area contributed by atoms with Gasteiger partial charge in [-0.15, -0.1) is 22.7 Å². The van der Waals surface area contributed by atoms with Gasteiger partial charge in [0.2, 0.25) is 5.91 Å². The molecule has 17 heteroatoms. The fourth-order valence-electron chi connectivity index (χ4n) is 9.57. The largest absolute Gasteiger partial charge is 0.495 e. The Morgan fingerprint density at radius 1 is 0.781 bits per heavy atom. The van der Waals surface area contributed by atoms with E-state index in [0.29, 0.717) is 52.1 Å². The molecule has 0 unspecified atom stereocenters. The number of hydrogen-bond donors (Lipinski definition) is 3. The predicted molar refractivity (Wildman–Crippen MR) is 250 cm³/mol. The van der Waals surface area contributed by atoms with Gasteiger partial charge in [0.25, 0.3) is 0 Å². The first-order valence-electron chi connectivity index (χ1n) is 21.5. The van der Waals surface area contributed by atoms with E-state index < -0.39 is 16.8 Å². The number of nitrogens with one attached hydrogen (secondary N) is 2. The van der Waals surface area contributed by atoms with Crippen molar-refractivity contribution in [3.63, 3.8) is 0 Å². The average molecular weight is 900 g/mol. The molecule has 64 heavy (non-hydrogen) atoms. The van der Waals surface area contributed by atoms with Crippen molar-refractivity contribution >= 4 is 90.4 Å². The molecule has 1 amide bonds. The number of anilines is 4. The van der Waals surface area contributed by atoms with Crippen LogP contribution in [0.25, 0.3) is 20.4 Å². The van der Waals surface area contributed by atoms with Crippen LogP contribution in [0.1, 0.15) is 76.7 Å². The van der Waals surface area contributed by atoms with Gasteiger partial charge in [0.05, 0.1) is 79.5 Å². The van der Waals surface area contributed by atoms with Crippen LogP contribution in [0, 0.1) is 10.8 Å². The van der Waals surface area contributed by atoms with Crippen molar-refractivity contribution in [1.29, 1.82) is 0 Å². The molecular weight excluding hydrogens is 851 g/mol. The van der Waals surface area contributed by atoms with E-state index in [9.17, 15) is 14.7 Å². The zero-order chi connectivity index (χ0) is 44.3. The van der Waals surface area contributed by atoms with Gasteiger partial charge in [-0.1, -0.05) is 6.92 Å². The lowest BCUT2D eigenvalue weighted by molar-refractivity contribution is -0.150. The smallest absolute Gasteiger partial charge is 0.309 e. The van der Waals surface area contributed by atoms with Crippen LogP contribution in [0.3, 0.4) is 0 Å². The van der Waals surface area contributed by atoms with Crippen LogP contribution in [0.2, 0.25) is 0 Å². The summed E-state index contributed by atoms with van der Waals surface area (Å²) in [6.07, 6.45) is 11.1. The van der Waals surface area contributed by atoms with E-state index >= 15 is 0 Å². The minimum absolute atomic E-state index is 0.117. The van der Waals surface area contributed by atoms with E-state index in [4.69, 9.17) is 14.2 Å². The van der Waals surface area contributed by atoms with Gasteiger partial charge < -0.3 is 34.9 Å². The van der Waals surface area contributed by atoms with E-state index in [1.54, 1.807) is 49.5 Å². The van der Waals surface area contributed by atoms with Gasteiger partial charge in [0.1, 0.15) is 45.5 Å². The number of carbonyl (C=O) groups is 2. The molecule has 0 radical (unpaired) electrons. The van der Waals surface area contributed by atoms with Gasteiger partial charge >= 0.3 is 5.97 Å². The number of rotatable bonds is 8. The summed E-state index contributed by atoms with van der Waals surface area (Å²) in [6, 6.07) is 8.25. The van der Waals surface area contributed by atoms with Gasteiger partial charge in [0.15, 0.2) is 0 Å². The third-order valence-electron chi connectivity index (χ3n) is 13.4. The Bertz CT molecular complexity index is 2930. The molecule has 4 aromatic heterocycles. The van der Waals surface area contributed by atoms with Gasteiger partial charge in [-0.3, -0.25) is 19.6 Å². The molecule has 330 valence electrons. The number of hydrogen-bond acceptors (Lipinski definition) is 15. The lowest BCUT2D eigenvalue weighted by atomic mass is 9.74. The number of amides is 1. The van der Waals surface area contributed by atoms with E-state index in [-0.39, 0.29) is 11.9 Å². The number of carboxylic acid groups (broad SMARTS) is 1. The third kappa shape index (κ3) is 7.42. The summed E-state index contributed by atoms with van der Waals surface area (Å²) in [6.45, 7) is 9.26. The maximum Gasteiger partial charge on any atom is 0.309 e. The van der Waals surface area contributed by atoms with Gasteiger partial charge in [0, 0.05) is 28.7 Å². The molecule has 3 aliphatic heterocycles. The van der Waals surface area contributed by atoms with Crippen LogP contribution < -0.4 is 20.1 Å². The van der Waals surface area contributed by atoms with Crippen molar-refractivity contribution in [2.75, 3.05) is 44.6 Å². The molecule has 0 spiro atoms.